The number of amides is 1. The Morgan fingerprint density at radius 3 is 2.29 bits per heavy atom. The molecule has 3 fully saturated rings. The number of para-hydroxylation sites is 1. The zero-order valence-corrected chi connectivity index (χ0v) is 28.7. The third-order valence-corrected chi connectivity index (χ3v) is 10.2. The highest BCUT2D eigenvalue weighted by molar-refractivity contribution is 6.35. The average molecular weight is 707 g/mol. The van der Waals surface area contributed by atoms with Crippen molar-refractivity contribution >= 4 is 41.0 Å². The molecule has 10 nitrogen and oxygen atoms in total. The number of methoxy groups -OCH3 is 2. The van der Waals surface area contributed by atoms with Gasteiger partial charge in [-0.15, -0.1) is 0 Å². The SMILES string of the molecule is COc1ccc([C@@H](Cc2c(Cl)c[n+](O)cc2Cl)c2c(CN(C(=O)O[C@H]3CN4CCC3CC4)c3ccccc3)cccc2C(=O)[O-])cc1OC. The zero-order chi connectivity index (χ0) is 34.7. The van der Waals surface area contributed by atoms with E-state index in [0.29, 0.717) is 51.9 Å². The van der Waals surface area contributed by atoms with E-state index in [1.54, 1.807) is 29.2 Å². The highest BCUT2D eigenvalue weighted by Gasteiger charge is 2.38. The number of hydrogen-bond donors (Lipinski definition) is 1. The molecule has 256 valence electrons. The summed E-state index contributed by atoms with van der Waals surface area (Å²) in [5.74, 6) is -0.856. The van der Waals surface area contributed by atoms with E-state index in [-0.39, 0.29) is 34.7 Å². The number of carbonyl (C=O) groups is 2. The number of benzene rings is 3. The molecule has 0 radical (unpaired) electrons. The molecule has 4 heterocycles. The molecular weight excluding hydrogens is 669 g/mol. The number of aromatic nitrogens is 1. The van der Waals surface area contributed by atoms with Crippen LogP contribution in [0.4, 0.5) is 10.5 Å². The van der Waals surface area contributed by atoms with Gasteiger partial charge < -0.3 is 24.1 Å². The molecule has 3 aliphatic rings. The molecule has 7 rings (SSSR count). The van der Waals surface area contributed by atoms with Gasteiger partial charge >= 0.3 is 6.09 Å². The number of carbonyl (C=O) groups excluding carboxylic acids is 2. The molecule has 3 saturated heterocycles. The lowest BCUT2D eigenvalue weighted by Gasteiger charge is -2.44. The second kappa shape index (κ2) is 14.9. The average Bonchev–Trinajstić information content (AvgIpc) is 3.11. The molecule has 3 aromatic carbocycles. The van der Waals surface area contributed by atoms with Gasteiger partial charge in [0.2, 0.25) is 12.4 Å². The minimum absolute atomic E-state index is 0.00289. The summed E-state index contributed by atoms with van der Waals surface area (Å²) in [5, 5.41) is 23.3. The lowest BCUT2D eigenvalue weighted by atomic mass is 9.80. The predicted octanol–water partition coefficient (Wildman–Crippen LogP) is 5.51. The first kappa shape index (κ1) is 34.4. The number of carboxylic acid groups (broad SMARTS) is 1. The van der Waals surface area contributed by atoms with Gasteiger partial charge in [-0.25, -0.2) is 4.79 Å². The van der Waals surface area contributed by atoms with Gasteiger partial charge in [-0.3, -0.25) is 15.0 Å². The van der Waals surface area contributed by atoms with Crippen LogP contribution in [-0.4, -0.2) is 62.1 Å². The van der Waals surface area contributed by atoms with Crippen LogP contribution in [-0.2, 0) is 17.7 Å². The number of ether oxygens (including phenoxy) is 3. The van der Waals surface area contributed by atoms with Gasteiger partial charge in [-0.05, 0) is 79.2 Å². The first-order valence-electron chi connectivity index (χ1n) is 16.1. The number of carboxylic acids is 1. The van der Waals surface area contributed by atoms with Crippen molar-refractivity contribution in [2.45, 2.75) is 37.8 Å². The van der Waals surface area contributed by atoms with Gasteiger partial charge in [0.05, 0.1) is 26.7 Å². The van der Waals surface area contributed by atoms with Gasteiger partial charge in [-0.1, -0.05) is 65.7 Å². The third-order valence-electron chi connectivity index (χ3n) is 9.52. The second-order valence-corrected chi connectivity index (χ2v) is 13.1. The molecule has 4 aromatic rings. The van der Waals surface area contributed by atoms with Crippen LogP contribution in [0, 0.1) is 5.92 Å². The van der Waals surface area contributed by atoms with Crippen LogP contribution in [0.25, 0.3) is 0 Å². The Kier molecular flexibility index (Phi) is 10.5. The minimum atomic E-state index is -1.39. The molecule has 0 aliphatic carbocycles. The number of fused-ring (bicyclic) bond motifs is 3. The molecule has 0 saturated carbocycles. The molecule has 2 bridgehead atoms. The van der Waals surface area contributed by atoms with E-state index in [1.165, 1.54) is 32.7 Å². The maximum Gasteiger partial charge on any atom is 0.414 e. The number of rotatable bonds is 11. The Hall–Kier alpha value is -4.51. The molecule has 12 heteroatoms. The van der Waals surface area contributed by atoms with Crippen molar-refractivity contribution in [1.29, 1.82) is 0 Å². The fourth-order valence-electron chi connectivity index (χ4n) is 7.01. The monoisotopic (exact) mass is 705 g/mol. The van der Waals surface area contributed by atoms with Crippen LogP contribution in [0.15, 0.2) is 79.1 Å². The van der Waals surface area contributed by atoms with E-state index in [1.807, 2.05) is 36.4 Å². The highest BCUT2D eigenvalue weighted by atomic mass is 35.5. The number of piperidine rings is 3. The van der Waals surface area contributed by atoms with E-state index in [4.69, 9.17) is 37.4 Å². The standard InChI is InChI=1S/C37H37Cl2N3O7/c1-47-32-12-11-24(17-33(32)48-2)28(18-29-30(38)20-41(46)21-31(29)39)35-25(7-6-10-27(35)36(43)44)19-42(26-8-4-3-5-9-26)37(45)49-34-22-40-15-13-23(34)14-16-40/h3-12,17,20-21,23,28,34H,13-16,18-19,22H2,1-2H3,(H-,43,44,46)/t28-,34+/m1/s1. The Balaban J connectivity index is 1.48. The first-order chi connectivity index (χ1) is 23.7. The lowest BCUT2D eigenvalue weighted by Crippen LogP contribution is -2.53. The van der Waals surface area contributed by atoms with Crippen molar-refractivity contribution in [2.75, 3.05) is 38.8 Å². The minimum Gasteiger partial charge on any atom is -0.545 e. The van der Waals surface area contributed by atoms with Crippen molar-refractivity contribution in [3.8, 4) is 11.5 Å². The molecule has 49 heavy (non-hydrogen) atoms. The molecule has 2 atom stereocenters. The number of aromatic carboxylic acids is 1. The fourth-order valence-corrected chi connectivity index (χ4v) is 7.62. The summed E-state index contributed by atoms with van der Waals surface area (Å²) in [7, 11) is 3.04. The smallest absolute Gasteiger partial charge is 0.414 e. The summed E-state index contributed by atoms with van der Waals surface area (Å²) in [6, 6.07) is 19.4. The molecule has 3 aliphatic heterocycles. The van der Waals surface area contributed by atoms with Crippen LogP contribution in [0.2, 0.25) is 10.0 Å². The maximum atomic E-state index is 14.1. The highest BCUT2D eigenvalue weighted by Crippen LogP contribution is 2.41. The molecule has 0 unspecified atom stereocenters. The quantitative estimate of drug-likeness (QED) is 0.161. The topological polar surface area (TPSA) is 115 Å². The number of halogens is 2. The van der Waals surface area contributed by atoms with Crippen LogP contribution in [0.5, 0.6) is 11.5 Å². The van der Waals surface area contributed by atoms with Gasteiger partial charge in [0.25, 0.3) is 0 Å². The van der Waals surface area contributed by atoms with Crippen LogP contribution >= 0.6 is 23.2 Å². The van der Waals surface area contributed by atoms with Gasteiger partial charge in [0.1, 0.15) is 16.1 Å². The predicted molar refractivity (Wildman–Crippen MR) is 182 cm³/mol. The van der Waals surface area contributed by atoms with E-state index in [0.717, 1.165) is 30.7 Å². The van der Waals surface area contributed by atoms with Crippen molar-refractivity contribution in [1.82, 2.24) is 4.90 Å². The molecule has 1 amide bonds. The Bertz CT molecular complexity index is 1810. The van der Waals surface area contributed by atoms with E-state index >= 15 is 0 Å². The number of anilines is 1. The van der Waals surface area contributed by atoms with Crippen molar-refractivity contribution in [3.63, 3.8) is 0 Å². The summed E-state index contributed by atoms with van der Waals surface area (Å²) < 4.78 is 18.1. The van der Waals surface area contributed by atoms with Crippen LogP contribution in [0.3, 0.4) is 0 Å². The van der Waals surface area contributed by atoms with Crippen LogP contribution in [0.1, 0.15) is 51.4 Å². The van der Waals surface area contributed by atoms with Crippen LogP contribution < -0.4 is 24.2 Å². The largest absolute Gasteiger partial charge is 0.545 e. The molecule has 0 spiro atoms. The summed E-state index contributed by atoms with van der Waals surface area (Å²) in [5.41, 5.74) is 2.64. The number of hydrogen-bond acceptors (Lipinski definition) is 8. The summed E-state index contributed by atoms with van der Waals surface area (Å²) >= 11 is 13.2. The van der Waals surface area contributed by atoms with E-state index in [9.17, 15) is 19.9 Å². The molecule has 1 aromatic heterocycles. The van der Waals surface area contributed by atoms with Gasteiger partial charge in [-0.2, -0.15) is 0 Å². The van der Waals surface area contributed by atoms with Gasteiger partial charge in [0, 0.05) is 34.0 Å². The maximum absolute atomic E-state index is 14.1. The Morgan fingerprint density at radius 2 is 1.67 bits per heavy atom. The molecule has 1 N–H and O–H groups in total. The third kappa shape index (κ3) is 7.41. The van der Waals surface area contributed by atoms with Gasteiger partial charge in [0.15, 0.2) is 11.5 Å². The fraction of sp³-hybridized carbons (Fsp3) is 0.324. The normalized spacial score (nSPS) is 18.8. The van der Waals surface area contributed by atoms with Crippen molar-refractivity contribution in [2.24, 2.45) is 5.92 Å². The van der Waals surface area contributed by atoms with E-state index in [2.05, 4.69) is 4.90 Å². The molecular formula is C37H37Cl2N3O7. The lowest BCUT2D eigenvalue weighted by molar-refractivity contribution is -0.904. The summed E-state index contributed by atoms with van der Waals surface area (Å²) in [4.78, 5) is 30.8. The summed E-state index contributed by atoms with van der Waals surface area (Å²) in [6.45, 7) is 2.70. The second-order valence-electron chi connectivity index (χ2n) is 12.3. The van der Waals surface area contributed by atoms with E-state index < -0.39 is 18.0 Å². The first-order valence-corrected chi connectivity index (χ1v) is 16.8. The van der Waals surface area contributed by atoms with Crippen molar-refractivity contribution < 1.29 is 38.8 Å². The number of pyridine rings is 1. The summed E-state index contributed by atoms with van der Waals surface area (Å²) in [6.07, 6.45) is 3.96. The van der Waals surface area contributed by atoms with Crippen molar-refractivity contribution in [3.05, 3.63) is 117 Å². The zero-order valence-electron chi connectivity index (χ0n) is 27.2. The Morgan fingerprint density at radius 1 is 0.980 bits per heavy atom. The Labute approximate surface area is 294 Å². The number of nitrogens with zero attached hydrogens (tertiary/aromatic N) is 3.